The molecule has 1 aromatic heterocycles. The molecule has 0 atom stereocenters. The molecule has 4 nitrogen and oxygen atoms in total. The summed E-state index contributed by atoms with van der Waals surface area (Å²) in [6, 6.07) is 9.73. The molecule has 1 N–H and O–H groups in total. The molecular formula is C14H14BrNO3. The molecular weight excluding hydrogens is 310 g/mol. The Morgan fingerprint density at radius 3 is 2.84 bits per heavy atom. The third kappa shape index (κ3) is 3.68. The van der Waals surface area contributed by atoms with Gasteiger partial charge >= 0.3 is 5.97 Å². The molecule has 0 bridgehead atoms. The summed E-state index contributed by atoms with van der Waals surface area (Å²) in [6.45, 7) is 1.27. The Balaban J connectivity index is 2.03. The van der Waals surface area contributed by atoms with E-state index in [0.29, 0.717) is 12.1 Å². The zero-order valence-electron chi connectivity index (χ0n) is 10.5. The van der Waals surface area contributed by atoms with Crippen molar-refractivity contribution in [2.45, 2.75) is 13.1 Å². The van der Waals surface area contributed by atoms with E-state index in [-0.39, 0.29) is 5.76 Å². The van der Waals surface area contributed by atoms with Gasteiger partial charge in [0.05, 0.1) is 6.26 Å². The molecule has 2 aromatic rings. The van der Waals surface area contributed by atoms with Crippen LogP contribution in [0.5, 0.6) is 0 Å². The molecule has 0 unspecified atom stereocenters. The van der Waals surface area contributed by atoms with Crippen LogP contribution in [-0.2, 0) is 13.1 Å². The first-order chi connectivity index (χ1) is 9.06. The normalized spacial score (nSPS) is 10.9. The SMILES string of the molecule is CN(Cc1cccc(Br)c1)Cc1ccoc1C(=O)O. The molecule has 0 fully saturated rings. The van der Waals surface area contributed by atoms with Crippen molar-refractivity contribution < 1.29 is 14.3 Å². The molecule has 1 heterocycles. The van der Waals surface area contributed by atoms with Gasteiger partial charge in [0.1, 0.15) is 0 Å². The van der Waals surface area contributed by atoms with Gasteiger partial charge in [0.25, 0.3) is 0 Å². The average molecular weight is 324 g/mol. The predicted octanol–water partition coefficient (Wildman–Crippen LogP) is 3.37. The smallest absolute Gasteiger partial charge is 0.372 e. The zero-order valence-corrected chi connectivity index (χ0v) is 12.1. The lowest BCUT2D eigenvalue weighted by atomic mass is 10.2. The van der Waals surface area contributed by atoms with Crippen molar-refractivity contribution >= 4 is 21.9 Å². The monoisotopic (exact) mass is 323 g/mol. The van der Waals surface area contributed by atoms with Crippen molar-refractivity contribution in [1.29, 1.82) is 0 Å². The second-order valence-corrected chi connectivity index (χ2v) is 5.30. The summed E-state index contributed by atoms with van der Waals surface area (Å²) >= 11 is 3.43. The number of carboxylic acids is 1. The largest absolute Gasteiger partial charge is 0.475 e. The summed E-state index contributed by atoms with van der Waals surface area (Å²) < 4.78 is 6.00. The van der Waals surface area contributed by atoms with Crippen molar-refractivity contribution in [3.05, 3.63) is 58.0 Å². The van der Waals surface area contributed by atoms with Crippen LogP contribution in [0.4, 0.5) is 0 Å². The number of hydrogen-bond donors (Lipinski definition) is 1. The molecule has 0 spiro atoms. The Bertz CT molecular complexity index is 580. The van der Waals surface area contributed by atoms with Crippen molar-refractivity contribution in [3.63, 3.8) is 0 Å². The molecule has 0 radical (unpaired) electrons. The van der Waals surface area contributed by atoms with Crippen LogP contribution in [0.15, 0.2) is 45.5 Å². The van der Waals surface area contributed by atoms with E-state index in [9.17, 15) is 4.79 Å². The van der Waals surface area contributed by atoms with Gasteiger partial charge in [0.15, 0.2) is 0 Å². The van der Waals surface area contributed by atoms with Crippen molar-refractivity contribution in [2.24, 2.45) is 0 Å². The summed E-state index contributed by atoms with van der Waals surface area (Å²) in [6.07, 6.45) is 1.41. The minimum Gasteiger partial charge on any atom is -0.475 e. The topological polar surface area (TPSA) is 53.7 Å². The van der Waals surface area contributed by atoms with Crippen LogP contribution in [0.2, 0.25) is 0 Å². The minimum atomic E-state index is -1.03. The highest BCUT2D eigenvalue weighted by Gasteiger charge is 2.15. The van der Waals surface area contributed by atoms with E-state index in [0.717, 1.165) is 16.6 Å². The van der Waals surface area contributed by atoms with Gasteiger partial charge in [0, 0.05) is 23.1 Å². The number of hydrogen-bond acceptors (Lipinski definition) is 3. The Morgan fingerprint density at radius 2 is 2.16 bits per heavy atom. The first-order valence-corrected chi connectivity index (χ1v) is 6.58. The van der Waals surface area contributed by atoms with Crippen LogP contribution in [0.1, 0.15) is 21.7 Å². The third-order valence-electron chi connectivity index (χ3n) is 2.72. The van der Waals surface area contributed by atoms with Gasteiger partial charge in [0.2, 0.25) is 5.76 Å². The van der Waals surface area contributed by atoms with E-state index < -0.39 is 5.97 Å². The van der Waals surface area contributed by atoms with Crippen molar-refractivity contribution in [1.82, 2.24) is 4.90 Å². The fourth-order valence-electron chi connectivity index (χ4n) is 1.94. The van der Waals surface area contributed by atoms with Crippen molar-refractivity contribution in [3.8, 4) is 0 Å². The molecule has 1 aromatic carbocycles. The van der Waals surface area contributed by atoms with Crippen LogP contribution in [0.25, 0.3) is 0 Å². The Hall–Kier alpha value is -1.59. The van der Waals surface area contributed by atoms with Gasteiger partial charge in [-0.1, -0.05) is 28.1 Å². The van der Waals surface area contributed by atoms with Gasteiger partial charge in [-0.05, 0) is 30.8 Å². The number of carbonyl (C=O) groups is 1. The first-order valence-electron chi connectivity index (χ1n) is 5.79. The Kier molecular flexibility index (Phi) is 4.39. The zero-order chi connectivity index (χ0) is 13.8. The first kappa shape index (κ1) is 13.8. The third-order valence-corrected chi connectivity index (χ3v) is 3.22. The average Bonchev–Trinajstić information content (AvgIpc) is 2.76. The van der Waals surface area contributed by atoms with Gasteiger partial charge in [-0.2, -0.15) is 0 Å². The number of rotatable bonds is 5. The molecule has 2 rings (SSSR count). The summed E-state index contributed by atoms with van der Waals surface area (Å²) in [5.74, 6) is -1.02. The highest BCUT2D eigenvalue weighted by molar-refractivity contribution is 9.10. The lowest BCUT2D eigenvalue weighted by molar-refractivity contribution is 0.0659. The van der Waals surface area contributed by atoms with E-state index in [1.165, 1.54) is 6.26 Å². The second-order valence-electron chi connectivity index (χ2n) is 4.38. The number of benzene rings is 1. The molecule has 19 heavy (non-hydrogen) atoms. The van der Waals surface area contributed by atoms with Crippen molar-refractivity contribution in [2.75, 3.05) is 7.05 Å². The molecule has 0 aliphatic rings. The summed E-state index contributed by atoms with van der Waals surface area (Å²) in [4.78, 5) is 13.0. The second kappa shape index (κ2) is 6.04. The van der Waals surface area contributed by atoms with E-state index in [2.05, 4.69) is 15.9 Å². The number of halogens is 1. The maximum atomic E-state index is 10.9. The summed E-state index contributed by atoms with van der Waals surface area (Å²) in [5.41, 5.74) is 1.85. The molecule has 0 aliphatic heterocycles. The maximum Gasteiger partial charge on any atom is 0.372 e. The van der Waals surface area contributed by atoms with Crippen LogP contribution in [0.3, 0.4) is 0 Å². The quantitative estimate of drug-likeness (QED) is 0.916. The van der Waals surface area contributed by atoms with E-state index in [1.54, 1.807) is 6.07 Å². The predicted molar refractivity (Wildman–Crippen MR) is 75.0 cm³/mol. The minimum absolute atomic E-state index is 0.0149. The fraction of sp³-hybridized carbons (Fsp3) is 0.214. The van der Waals surface area contributed by atoms with Crippen LogP contribution in [-0.4, -0.2) is 23.0 Å². The Labute approximate surface area is 119 Å². The number of furan rings is 1. The molecule has 0 saturated heterocycles. The van der Waals surface area contributed by atoms with E-state index in [4.69, 9.17) is 9.52 Å². The van der Waals surface area contributed by atoms with Gasteiger partial charge in [-0.25, -0.2) is 4.79 Å². The number of carboxylic acid groups (broad SMARTS) is 1. The lowest BCUT2D eigenvalue weighted by Crippen LogP contribution is -2.18. The highest BCUT2D eigenvalue weighted by atomic mass is 79.9. The molecule has 100 valence electrons. The number of aromatic carboxylic acids is 1. The van der Waals surface area contributed by atoms with Crippen LogP contribution >= 0.6 is 15.9 Å². The lowest BCUT2D eigenvalue weighted by Gasteiger charge is -2.16. The Morgan fingerprint density at radius 1 is 1.37 bits per heavy atom. The molecule has 0 amide bonds. The van der Waals surface area contributed by atoms with Gasteiger partial charge < -0.3 is 9.52 Å². The van der Waals surface area contributed by atoms with Gasteiger partial charge in [-0.3, -0.25) is 4.90 Å². The van der Waals surface area contributed by atoms with E-state index in [1.807, 2.05) is 36.2 Å². The maximum absolute atomic E-state index is 10.9. The summed E-state index contributed by atoms with van der Waals surface area (Å²) in [5, 5.41) is 8.98. The summed E-state index contributed by atoms with van der Waals surface area (Å²) in [7, 11) is 1.94. The van der Waals surface area contributed by atoms with E-state index >= 15 is 0 Å². The molecule has 5 heteroatoms. The highest BCUT2D eigenvalue weighted by Crippen LogP contribution is 2.16. The van der Waals surface area contributed by atoms with Gasteiger partial charge in [-0.15, -0.1) is 0 Å². The standard InChI is InChI=1S/C14H14BrNO3/c1-16(8-10-3-2-4-12(15)7-10)9-11-5-6-19-13(11)14(17)18/h2-7H,8-9H2,1H3,(H,17,18). The van der Waals surface area contributed by atoms with Crippen LogP contribution < -0.4 is 0 Å². The number of nitrogens with zero attached hydrogens (tertiary/aromatic N) is 1. The fourth-order valence-corrected chi connectivity index (χ4v) is 2.39. The van der Waals surface area contributed by atoms with Crippen LogP contribution in [0, 0.1) is 0 Å². The molecule has 0 aliphatic carbocycles. The molecule has 0 saturated carbocycles.